The van der Waals surface area contributed by atoms with Crippen LogP contribution in [0, 0.1) is 0 Å². The third-order valence-corrected chi connectivity index (χ3v) is 2.74. The number of fused-ring (bicyclic) bond motifs is 1. The third kappa shape index (κ3) is 2.68. The zero-order valence-corrected chi connectivity index (χ0v) is 10.7. The van der Waals surface area contributed by atoms with Crippen LogP contribution >= 0.6 is 12.4 Å². The molecule has 4 heteroatoms. The first-order valence-electron chi connectivity index (χ1n) is 5.46. The third-order valence-electron chi connectivity index (χ3n) is 2.74. The summed E-state index contributed by atoms with van der Waals surface area (Å²) < 4.78 is 5.52. The standard InChI is InChI=1S/C13H15NO2.ClH/c1-3-10(14-2)13(15)12-8-9-6-4-5-7-11(9)16-12;/h4-8,10,14H,3H2,1-2H3;1H. The van der Waals surface area contributed by atoms with E-state index >= 15 is 0 Å². The fourth-order valence-corrected chi connectivity index (χ4v) is 1.80. The fraction of sp³-hybridized carbons (Fsp3) is 0.308. The summed E-state index contributed by atoms with van der Waals surface area (Å²) in [6.07, 6.45) is 0.756. The highest BCUT2D eigenvalue weighted by molar-refractivity contribution is 6.00. The lowest BCUT2D eigenvalue weighted by molar-refractivity contribution is 0.0919. The molecule has 0 saturated heterocycles. The quantitative estimate of drug-likeness (QED) is 0.852. The summed E-state index contributed by atoms with van der Waals surface area (Å²) in [6.45, 7) is 1.97. The molecule has 1 aromatic carbocycles. The minimum atomic E-state index is -0.166. The zero-order valence-electron chi connectivity index (χ0n) is 9.90. The van der Waals surface area contributed by atoms with Gasteiger partial charge in [-0.1, -0.05) is 25.1 Å². The van der Waals surface area contributed by atoms with Gasteiger partial charge in [0.25, 0.3) is 0 Å². The summed E-state index contributed by atoms with van der Waals surface area (Å²) in [4.78, 5) is 12.0. The summed E-state index contributed by atoms with van der Waals surface area (Å²) in [5, 5.41) is 3.95. The van der Waals surface area contributed by atoms with Crippen LogP contribution in [-0.4, -0.2) is 18.9 Å². The Balaban J connectivity index is 0.00000144. The topological polar surface area (TPSA) is 42.2 Å². The number of hydrogen-bond acceptors (Lipinski definition) is 3. The summed E-state index contributed by atoms with van der Waals surface area (Å²) in [7, 11) is 1.79. The highest BCUT2D eigenvalue weighted by atomic mass is 35.5. The second-order valence-electron chi connectivity index (χ2n) is 3.76. The SMILES string of the molecule is CCC(NC)C(=O)c1cc2ccccc2o1.Cl. The van der Waals surface area contributed by atoms with Crippen molar-refractivity contribution in [2.24, 2.45) is 0 Å². The van der Waals surface area contributed by atoms with E-state index in [9.17, 15) is 4.79 Å². The molecule has 0 amide bonds. The summed E-state index contributed by atoms with van der Waals surface area (Å²) in [5.74, 6) is 0.448. The Morgan fingerprint density at radius 1 is 1.41 bits per heavy atom. The normalized spacial score (nSPS) is 12.1. The number of halogens is 1. The largest absolute Gasteiger partial charge is 0.453 e. The van der Waals surface area contributed by atoms with Crippen molar-refractivity contribution < 1.29 is 9.21 Å². The molecule has 1 aromatic heterocycles. The molecular weight excluding hydrogens is 238 g/mol. The van der Waals surface area contributed by atoms with E-state index in [-0.39, 0.29) is 24.2 Å². The molecule has 1 heterocycles. The monoisotopic (exact) mass is 253 g/mol. The van der Waals surface area contributed by atoms with Crippen molar-refractivity contribution >= 4 is 29.2 Å². The van der Waals surface area contributed by atoms with E-state index < -0.39 is 0 Å². The predicted octanol–water partition coefficient (Wildman–Crippen LogP) is 3.04. The Morgan fingerprint density at radius 3 is 2.71 bits per heavy atom. The van der Waals surface area contributed by atoms with E-state index in [1.807, 2.05) is 31.2 Å². The molecule has 0 spiro atoms. The van der Waals surface area contributed by atoms with Crippen LogP contribution in [0.3, 0.4) is 0 Å². The number of likely N-dealkylation sites (N-methyl/N-ethyl adjacent to an activating group) is 1. The number of para-hydroxylation sites is 1. The molecule has 1 atom stereocenters. The number of ketones is 1. The highest BCUT2D eigenvalue weighted by Crippen LogP contribution is 2.20. The maximum atomic E-state index is 12.0. The Morgan fingerprint density at radius 2 is 2.12 bits per heavy atom. The van der Waals surface area contributed by atoms with Crippen LogP contribution in [0.1, 0.15) is 23.9 Å². The second-order valence-corrected chi connectivity index (χ2v) is 3.76. The van der Waals surface area contributed by atoms with E-state index in [1.54, 1.807) is 13.1 Å². The average Bonchev–Trinajstić information content (AvgIpc) is 2.74. The van der Waals surface area contributed by atoms with Gasteiger partial charge in [-0.3, -0.25) is 4.79 Å². The maximum absolute atomic E-state index is 12.0. The lowest BCUT2D eigenvalue weighted by Crippen LogP contribution is -2.32. The highest BCUT2D eigenvalue weighted by Gasteiger charge is 2.19. The van der Waals surface area contributed by atoms with Gasteiger partial charge in [0.2, 0.25) is 5.78 Å². The van der Waals surface area contributed by atoms with Gasteiger partial charge in [0.1, 0.15) is 5.58 Å². The first-order chi connectivity index (χ1) is 7.76. The van der Waals surface area contributed by atoms with Gasteiger partial charge in [0.15, 0.2) is 5.76 Å². The van der Waals surface area contributed by atoms with Gasteiger partial charge in [-0.15, -0.1) is 12.4 Å². The molecule has 1 unspecified atom stereocenters. The van der Waals surface area contributed by atoms with Crippen molar-refractivity contribution in [1.82, 2.24) is 5.32 Å². The van der Waals surface area contributed by atoms with Gasteiger partial charge >= 0.3 is 0 Å². The van der Waals surface area contributed by atoms with Crippen LogP contribution in [0.5, 0.6) is 0 Å². The number of carbonyl (C=O) groups excluding carboxylic acids is 1. The number of rotatable bonds is 4. The summed E-state index contributed by atoms with van der Waals surface area (Å²) in [6, 6.07) is 9.28. The van der Waals surface area contributed by atoms with E-state index in [4.69, 9.17) is 4.42 Å². The van der Waals surface area contributed by atoms with Gasteiger partial charge in [-0.25, -0.2) is 0 Å². The molecule has 2 aromatic rings. The van der Waals surface area contributed by atoms with Crippen molar-refractivity contribution in [3.8, 4) is 0 Å². The minimum Gasteiger partial charge on any atom is -0.453 e. The first kappa shape index (κ1) is 13.7. The predicted molar refractivity (Wildman–Crippen MR) is 70.9 cm³/mol. The smallest absolute Gasteiger partial charge is 0.214 e. The first-order valence-corrected chi connectivity index (χ1v) is 5.46. The van der Waals surface area contributed by atoms with Crippen molar-refractivity contribution in [2.75, 3.05) is 7.05 Å². The Hall–Kier alpha value is -1.32. The molecule has 0 radical (unpaired) electrons. The zero-order chi connectivity index (χ0) is 11.5. The molecule has 0 aliphatic carbocycles. The molecule has 2 rings (SSSR count). The van der Waals surface area contributed by atoms with E-state index in [1.165, 1.54) is 0 Å². The van der Waals surface area contributed by atoms with Gasteiger partial charge in [0, 0.05) is 5.39 Å². The number of nitrogens with one attached hydrogen (secondary N) is 1. The molecule has 3 nitrogen and oxygen atoms in total. The van der Waals surface area contributed by atoms with Gasteiger partial charge in [-0.2, -0.15) is 0 Å². The molecule has 92 valence electrons. The van der Waals surface area contributed by atoms with Crippen LogP contribution in [0.25, 0.3) is 11.0 Å². The molecule has 1 N–H and O–H groups in total. The summed E-state index contributed by atoms with van der Waals surface area (Å²) in [5.41, 5.74) is 0.761. The molecular formula is C13H16ClNO2. The van der Waals surface area contributed by atoms with Crippen LogP contribution in [0.4, 0.5) is 0 Å². The molecule has 0 bridgehead atoms. The molecule has 0 aliphatic rings. The number of carbonyl (C=O) groups is 1. The second kappa shape index (κ2) is 5.84. The van der Waals surface area contributed by atoms with Crippen molar-refractivity contribution in [2.45, 2.75) is 19.4 Å². The molecule has 0 fully saturated rings. The Kier molecular flexibility index (Phi) is 4.73. The number of Topliss-reactive ketones (excluding diaryl/α,β-unsaturated/α-hetero) is 1. The van der Waals surface area contributed by atoms with Crippen LogP contribution in [-0.2, 0) is 0 Å². The number of benzene rings is 1. The molecule has 0 saturated carbocycles. The van der Waals surface area contributed by atoms with Gasteiger partial charge in [0.05, 0.1) is 6.04 Å². The maximum Gasteiger partial charge on any atom is 0.214 e. The van der Waals surface area contributed by atoms with Crippen molar-refractivity contribution in [3.63, 3.8) is 0 Å². The van der Waals surface area contributed by atoms with Crippen LogP contribution in [0.2, 0.25) is 0 Å². The molecule has 0 aliphatic heterocycles. The Labute approximate surface area is 107 Å². The summed E-state index contributed by atoms with van der Waals surface area (Å²) >= 11 is 0. The molecule has 17 heavy (non-hydrogen) atoms. The van der Waals surface area contributed by atoms with Gasteiger partial charge in [-0.05, 0) is 25.6 Å². The van der Waals surface area contributed by atoms with Gasteiger partial charge < -0.3 is 9.73 Å². The van der Waals surface area contributed by atoms with Crippen LogP contribution in [0.15, 0.2) is 34.7 Å². The van der Waals surface area contributed by atoms with E-state index in [0.29, 0.717) is 5.76 Å². The number of hydrogen-bond donors (Lipinski definition) is 1. The van der Waals surface area contributed by atoms with Crippen LogP contribution < -0.4 is 5.32 Å². The van der Waals surface area contributed by atoms with E-state index in [0.717, 1.165) is 17.4 Å². The lowest BCUT2D eigenvalue weighted by atomic mass is 10.1. The minimum absolute atomic E-state index is 0. The Bertz CT molecular complexity index is 470. The van der Waals surface area contributed by atoms with E-state index in [2.05, 4.69) is 5.32 Å². The van der Waals surface area contributed by atoms with Crippen molar-refractivity contribution in [1.29, 1.82) is 0 Å². The average molecular weight is 254 g/mol. The fourth-order valence-electron chi connectivity index (χ4n) is 1.80. The van der Waals surface area contributed by atoms with Crippen molar-refractivity contribution in [3.05, 3.63) is 36.1 Å². The number of furan rings is 1. The lowest BCUT2D eigenvalue weighted by Gasteiger charge is -2.09.